The second-order valence-corrected chi connectivity index (χ2v) is 10.3. The van der Waals surface area contributed by atoms with E-state index in [1.54, 1.807) is 0 Å². The van der Waals surface area contributed by atoms with Gasteiger partial charge in [0.1, 0.15) is 0 Å². The van der Waals surface area contributed by atoms with Gasteiger partial charge >= 0.3 is 0 Å². The SMILES string of the molecule is CC1=CC=C(c2ccc(-n3c4c(c5cc6c7ccccc7n(-c7ccccc7)c6cc53)CC=C4)cc2)C1. The third-order valence-electron chi connectivity index (χ3n) is 8.05. The lowest BCUT2D eigenvalue weighted by Gasteiger charge is -2.12. The summed E-state index contributed by atoms with van der Waals surface area (Å²) in [6, 6.07) is 33.5. The Bertz CT molecular complexity index is 1960. The van der Waals surface area contributed by atoms with Crippen molar-refractivity contribution in [3.63, 3.8) is 0 Å². The molecule has 37 heavy (non-hydrogen) atoms. The van der Waals surface area contributed by atoms with Crippen LogP contribution in [0.1, 0.15) is 30.2 Å². The highest BCUT2D eigenvalue weighted by molar-refractivity contribution is 6.14. The van der Waals surface area contributed by atoms with Crippen LogP contribution < -0.4 is 0 Å². The van der Waals surface area contributed by atoms with E-state index in [1.165, 1.54) is 72.1 Å². The van der Waals surface area contributed by atoms with Gasteiger partial charge in [-0.2, -0.15) is 0 Å². The quantitative estimate of drug-likeness (QED) is 0.242. The Balaban J connectivity index is 1.40. The van der Waals surface area contributed by atoms with Crippen LogP contribution in [-0.4, -0.2) is 9.13 Å². The van der Waals surface area contributed by atoms with Gasteiger partial charge in [-0.25, -0.2) is 0 Å². The summed E-state index contributed by atoms with van der Waals surface area (Å²) in [4.78, 5) is 0. The summed E-state index contributed by atoms with van der Waals surface area (Å²) in [5.41, 5.74) is 13.0. The fraction of sp³-hybridized carbons (Fsp3) is 0.0857. The van der Waals surface area contributed by atoms with E-state index in [1.807, 2.05) is 0 Å². The molecule has 2 heterocycles. The van der Waals surface area contributed by atoms with Gasteiger partial charge in [0.05, 0.1) is 22.2 Å². The molecule has 0 saturated carbocycles. The molecule has 0 radical (unpaired) electrons. The maximum Gasteiger partial charge on any atom is 0.0562 e. The van der Waals surface area contributed by atoms with Gasteiger partial charge in [0, 0.05) is 27.5 Å². The summed E-state index contributed by atoms with van der Waals surface area (Å²) < 4.78 is 4.87. The third-order valence-corrected chi connectivity index (χ3v) is 8.05. The fourth-order valence-corrected chi connectivity index (χ4v) is 6.33. The van der Waals surface area contributed by atoms with Crippen molar-refractivity contribution in [1.29, 1.82) is 0 Å². The monoisotopic (exact) mass is 474 g/mol. The normalized spacial score (nSPS) is 14.6. The molecule has 4 aromatic carbocycles. The van der Waals surface area contributed by atoms with Gasteiger partial charge in [0.15, 0.2) is 0 Å². The summed E-state index contributed by atoms with van der Waals surface area (Å²) in [7, 11) is 0. The maximum absolute atomic E-state index is 2.46. The van der Waals surface area contributed by atoms with Crippen molar-refractivity contribution >= 4 is 44.4 Å². The van der Waals surface area contributed by atoms with E-state index in [9.17, 15) is 0 Å². The molecule has 0 atom stereocenters. The summed E-state index contributed by atoms with van der Waals surface area (Å²) in [5.74, 6) is 0. The zero-order chi connectivity index (χ0) is 24.5. The third kappa shape index (κ3) is 2.99. The molecule has 0 bridgehead atoms. The van der Waals surface area contributed by atoms with E-state index in [2.05, 4.69) is 131 Å². The molecule has 2 aliphatic carbocycles. The predicted octanol–water partition coefficient (Wildman–Crippen LogP) is 9.03. The molecule has 0 spiro atoms. The zero-order valence-corrected chi connectivity index (χ0v) is 20.8. The standard InChI is InChI=1S/C35H26N2/c1-23-14-15-25(20-23)24-16-18-27(19-17-24)37-33-13-7-11-29(33)31-21-30-28-10-5-6-12-32(28)36(34(30)22-35(31)37)26-8-3-2-4-9-26/h2-10,12-19,21-22H,11,20H2,1H3. The summed E-state index contributed by atoms with van der Waals surface area (Å²) in [6.07, 6.45) is 11.1. The van der Waals surface area contributed by atoms with Crippen LogP contribution in [-0.2, 0) is 6.42 Å². The number of allylic oxidation sites excluding steroid dienone is 5. The Morgan fingerprint density at radius 2 is 1.38 bits per heavy atom. The second-order valence-electron chi connectivity index (χ2n) is 10.3. The molecule has 2 aromatic heterocycles. The molecule has 2 aliphatic rings. The van der Waals surface area contributed by atoms with Gasteiger partial charge in [-0.1, -0.05) is 72.3 Å². The molecule has 0 unspecified atom stereocenters. The Morgan fingerprint density at radius 1 is 0.622 bits per heavy atom. The van der Waals surface area contributed by atoms with Crippen molar-refractivity contribution in [2.45, 2.75) is 19.8 Å². The smallest absolute Gasteiger partial charge is 0.0562 e. The number of nitrogens with zero attached hydrogens (tertiary/aromatic N) is 2. The Kier molecular flexibility index (Phi) is 4.30. The molecule has 2 heteroatoms. The van der Waals surface area contributed by atoms with Crippen LogP contribution in [0.3, 0.4) is 0 Å². The number of benzene rings is 4. The average molecular weight is 475 g/mol. The minimum absolute atomic E-state index is 0.984. The summed E-state index contributed by atoms with van der Waals surface area (Å²) in [6.45, 7) is 2.20. The number of aromatic nitrogens is 2. The van der Waals surface area contributed by atoms with Crippen LogP contribution in [0, 0.1) is 0 Å². The van der Waals surface area contributed by atoms with Crippen LogP contribution in [0.15, 0.2) is 115 Å². The first-order valence-electron chi connectivity index (χ1n) is 13.1. The van der Waals surface area contributed by atoms with Crippen LogP contribution in [0.2, 0.25) is 0 Å². The first-order valence-corrected chi connectivity index (χ1v) is 13.1. The molecular weight excluding hydrogens is 448 g/mol. The van der Waals surface area contributed by atoms with Crippen molar-refractivity contribution in [3.05, 3.63) is 132 Å². The summed E-state index contributed by atoms with van der Waals surface area (Å²) in [5, 5.41) is 3.96. The van der Waals surface area contributed by atoms with Crippen LogP contribution in [0.25, 0.3) is 55.7 Å². The topological polar surface area (TPSA) is 9.86 Å². The molecule has 0 N–H and O–H groups in total. The lowest BCUT2D eigenvalue weighted by atomic mass is 10.0. The first kappa shape index (κ1) is 20.6. The van der Waals surface area contributed by atoms with Gasteiger partial charge in [-0.15, -0.1) is 0 Å². The van der Waals surface area contributed by atoms with Crippen molar-refractivity contribution in [2.75, 3.05) is 0 Å². The molecule has 0 fully saturated rings. The van der Waals surface area contributed by atoms with Gasteiger partial charge in [-0.05, 0) is 85.0 Å². The lowest BCUT2D eigenvalue weighted by molar-refractivity contribution is 1.10. The van der Waals surface area contributed by atoms with E-state index >= 15 is 0 Å². The zero-order valence-electron chi connectivity index (χ0n) is 20.8. The van der Waals surface area contributed by atoms with Crippen LogP contribution in [0.4, 0.5) is 0 Å². The van der Waals surface area contributed by atoms with E-state index in [-0.39, 0.29) is 0 Å². The second kappa shape index (κ2) is 7.72. The van der Waals surface area contributed by atoms with Crippen molar-refractivity contribution in [2.24, 2.45) is 0 Å². The molecule has 8 rings (SSSR count). The fourth-order valence-electron chi connectivity index (χ4n) is 6.33. The minimum Gasteiger partial charge on any atom is -0.310 e. The van der Waals surface area contributed by atoms with E-state index < -0.39 is 0 Å². The Labute approximate surface area is 216 Å². The largest absolute Gasteiger partial charge is 0.310 e. The van der Waals surface area contributed by atoms with E-state index in [0.717, 1.165) is 12.8 Å². The van der Waals surface area contributed by atoms with Gasteiger partial charge in [0.25, 0.3) is 0 Å². The van der Waals surface area contributed by atoms with Crippen LogP contribution >= 0.6 is 0 Å². The van der Waals surface area contributed by atoms with E-state index in [0.29, 0.717) is 0 Å². The number of fused-ring (bicyclic) bond motifs is 6. The molecule has 0 saturated heterocycles. The highest BCUT2D eigenvalue weighted by atomic mass is 15.0. The molecule has 2 nitrogen and oxygen atoms in total. The number of hydrogen-bond acceptors (Lipinski definition) is 0. The molecule has 0 amide bonds. The highest BCUT2D eigenvalue weighted by Gasteiger charge is 2.22. The van der Waals surface area contributed by atoms with Crippen molar-refractivity contribution < 1.29 is 0 Å². The lowest BCUT2D eigenvalue weighted by Crippen LogP contribution is -1.98. The Hall–Kier alpha value is -4.56. The number of para-hydroxylation sites is 2. The number of rotatable bonds is 3. The van der Waals surface area contributed by atoms with Gasteiger partial charge < -0.3 is 9.13 Å². The molecule has 0 aliphatic heterocycles. The van der Waals surface area contributed by atoms with E-state index in [4.69, 9.17) is 0 Å². The number of hydrogen-bond donors (Lipinski definition) is 0. The maximum atomic E-state index is 2.46. The molecule has 6 aromatic rings. The predicted molar refractivity (Wildman–Crippen MR) is 157 cm³/mol. The van der Waals surface area contributed by atoms with Crippen molar-refractivity contribution in [1.82, 2.24) is 9.13 Å². The average Bonchev–Trinajstić information content (AvgIpc) is 3.71. The molecule has 176 valence electrons. The van der Waals surface area contributed by atoms with Gasteiger partial charge in [0.2, 0.25) is 0 Å². The van der Waals surface area contributed by atoms with Crippen molar-refractivity contribution in [3.8, 4) is 11.4 Å². The van der Waals surface area contributed by atoms with Crippen LogP contribution in [0.5, 0.6) is 0 Å². The first-order chi connectivity index (χ1) is 18.3. The summed E-state index contributed by atoms with van der Waals surface area (Å²) >= 11 is 0. The molecular formula is C35H26N2. The van der Waals surface area contributed by atoms with Gasteiger partial charge in [-0.3, -0.25) is 0 Å². The Morgan fingerprint density at radius 3 is 2.19 bits per heavy atom. The minimum atomic E-state index is 0.984. The highest BCUT2D eigenvalue weighted by Crippen LogP contribution is 2.40.